The molecule has 22 heavy (non-hydrogen) atoms. The Morgan fingerprint density at radius 2 is 2.00 bits per heavy atom. The first-order chi connectivity index (χ1) is 10.4. The third kappa shape index (κ3) is 2.75. The van der Waals surface area contributed by atoms with Crippen molar-refractivity contribution in [3.05, 3.63) is 45.7 Å². The Morgan fingerprint density at radius 1 is 1.23 bits per heavy atom. The zero-order valence-corrected chi connectivity index (χ0v) is 13.6. The summed E-state index contributed by atoms with van der Waals surface area (Å²) in [4.78, 5) is 2.96. The van der Waals surface area contributed by atoms with Crippen molar-refractivity contribution in [2.24, 2.45) is 0 Å². The molecule has 0 saturated carbocycles. The van der Waals surface area contributed by atoms with E-state index in [2.05, 4.69) is 31.0 Å². The lowest BCUT2D eigenvalue weighted by molar-refractivity contribution is 0.589. The number of fused-ring (bicyclic) bond motifs is 1. The van der Waals surface area contributed by atoms with Gasteiger partial charge in [-0.25, -0.2) is 17.2 Å². The SMILES string of the molecule is O=S(=O)(Nc1cc(F)c(Br)cc1F)c1c[nH]c2c1CCNC2. The number of H-pyrrole nitrogens is 1. The van der Waals surface area contributed by atoms with E-state index in [9.17, 15) is 17.2 Å². The fourth-order valence-electron chi connectivity index (χ4n) is 2.37. The molecular weight excluding hydrogens is 380 g/mol. The minimum atomic E-state index is -3.99. The lowest BCUT2D eigenvalue weighted by Crippen LogP contribution is -2.25. The van der Waals surface area contributed by atoms with Gasteiger partial charge in [0, 0.05) is 24.5 Å². The number of anilines is 1. The largest absolute Gasteiger partial charge is 0.362 e. The fraction of sp³-hybridized carbons (Fsp3) is 0.231. The van der Waals surface area contributed by atoms with E-state index in [0.717, 1.165) is 17.8 Å². The molecule has 3 N–H and O–H groups in total. The number of hydrogen-bond acceptors (Lipinski definition) is 3. The maximum absolute atomic E-state index is 13.8. The molecule has 118 valence electrons. The second-order valence-electron chi connectivity index (χ2n) is 4.89. The highest BCUT2D eigenvalue weighted by molar-refractivity contribution is 9.10. The molecule has 0 radical (unpaired) electrons. The normalized spacial score (nSPS) is 14.7. The van der Waals surface area contributed by atoms with Crippen LogP contribution in [-0.2, 0) is 23.0 Å². The van der Waals surface area contributed by atoms with Gasteiger partial charge in [0.1, 0.15) is 16.5 Å². The molecule has 9 heteroatoms. The van der Waals surface area contributed by atoms with E-state index in [1.807, 2.05) is 0 Å². The number of aromatic nitrogens is 1. The predicted molar refractivity (Wildman–Crippen MR) is 81.1 cm³/mol. The summed E-state index contributed by atoms with van der Waals surface area (Å²) in [5, 5.41) is 3.12. The monoisotopic (exact) mass is 391 g/mol. The number of benzene rings is 1. The van der Waals surface area contributed by atoms with Crippen LogP contribution in [0.1, 0.15) is 11.3 Å². The highest BCUT2D eigenvalue weighted by atomic mass is 79.9. The molecular formula is C13H12BrF2N3O2S. The van der Waals surface area contributed by atoms with Gasteiger partial charge in [-0.2, -0.15) is 0 Å². The molecule has 1 aromatic carbocycles. The maximum Gasteiger partial charge on any atom is 0.263 e. The van der Waals surface area contributed by atoms with Crippen LogP contribution < -0.4 is 10.0 Å². The van der Waals surface area contributed by atoms with Gasteiger partial charge in [0.2, 0.25) is 0 Å². The fourth-order valence-corrected chi connectivity index (χ4v) is 4.01. The highest BCUT2D eigenvalue weighted by Crippen LogP contribution is 2.28. The van der Waals surface area contributed by atoms with Crippen molar-refractivity contribution in [3.8, 4) is 0 Å². The van der Waals surface area contributed by atoms with Crippen molar-refractivity contribution >= 4 is 31.6 Å². The summed E-state index contributed by atoms with van der Waals surface area (Å²) in [5.74, 6) is -1.61. The van der Waals surface area contributed by atoms with Crippen LogP contribution in [0.3, 0.4) is 0 Å². The van der Waals surface area contributed by atoms with E-state index in [1.165, 1.54) is 6.20 Å². The maximum atomic E-state index is 13.8. The molecule has 0 spiro atoms. The van der Waals surface area contributed by atoms with E-state index < -0.39 is 27.3 Å². The number of rotatable bonds is 3. The van der Waals surface area contributed by atoms with E-state index in [-0.39, 0.29) is 9.37 Å². The minimum Gasteiger partial charge on any atom is -0.362 e. The first-order valence-electron chi connectivity index (χ1n) is 6.45. The summed E-state index contributed by atoms with van der Waals surface area (Å²) in [6.07, 6.45) is 1.92. The number of aromatic amines is 1. The Kier molecular flexibility index (Phi) is 3.96. The molecule has 2 heterocycles. The van der Waals surface area contributed by atoms with Crippen LogP contribution in [0.15, 0.2) is 27.7 Å². The number of halogens is 3. The van der Waals surface area contributed by atoms with Crippen molar-refractivity contribution in [2.75, 3.05) is 11.3 Å². The molecule has 0 fully saturated rings. The van der Waals surface area contributed by atoms with Crippen LogP contribution in [0.5, 0.6) is 0 Å². The molecule has 0 amide bonds. The van der Waals surface area contributed by atoms with Crippen LogP contribution in [0.2, 0.25) is 0 Å². The third-order valence-electron chi connectivity index (χ3n) is 3.44. The van der Waals surface area contributed by atoms with Crippen molar-refractivity contribution in [1.29, 1.82) is 0 Å². The topological polar surface area (TPSA) is 74.0 Å². The zero-order valence-electron chi connectivity index (χ0n) is 11.2. The Balaban J connectivity index is 1.98. The smallest absolute Gasteiger partial charge is 0.263 e. The molecule has 0 aliphatic carbocycles. The second kappa shape index (κ2) is 5.64. The molecule has 0 bridgehead atoms. The molecule has 5 nitrogen and oxygen atoms in total. The third-order valence-corrected chi connectivity index (χ3v) is 5.48. The molecule has 2 aromatic rings. The Hall–Kier alpha value is -1.45. The van der Waals surface area contributed by atoms with Crippen LogP contribution in [0.25, 0.3) is 0 Å². The van der Waals surface area contributed by atoms with Gasteiger partial charge in [0.05, 0.1) is 10.2 Å². The van der Waals surface area contributed by atoms with Crippen LogP contribution in [-0.4, -0.2) is 19.9 Å². The van der Waals surface area contributed by atoms with E-state index in [4.69, 9.17) is 0 Å². The molecule has 1 aromatic heterocycles. The Bertz CT molecular complexity index is 836. The molecule has 1 aliphatic heterocycles. The quantitative estimate of drug-likeness (QED) is 0.703. The summed E-state index contributed by atoms with van der Waals surface area (Å²) in [5.41, 5.74) is 1.03. The first-order valence-corrected chi connectivity index (χ1v) is 8.73. The molecule has 1 aliphatic rings. The van der Waals surface area contributed by atoms with Gasteiger partial charge >= 0.3 is 0 Å². The number of nitrogens with one attached hydrogen (secondary N) is 3. The average molecular weight is 392 g/mol. The van der Waals surface area contributed by atoms with Crippen molar-refractivity contribution < 1.29 is 17.2 Å². The van der Waals surface area contributed by atoms with Gasteiger partial charge in [-0.3, -0.25) is 4.72 Å². The highest BCUT2D eigenvalue weighted by Gasteiger charge is 2.25. The summed E-state index contributed by atoms with van der Waals surface area (Å²) in [6.45, 7) is 1.21. The summed E-state index contributed by atoms with van der Waals surface area (Å²) < 4.78 is 54.2. The van der Waals surface area contributed by atoms with E-state index in [1.54, 1.807) is 0 Å². The molecule has 3 rings (SSSR count). The van der Waals surface area contributed by atoms with Crippen LogP contribution in [0.4, 0.5) is 14.5 Å². The van der Waals surface area contributed by atoms with Crippen LogP contribution >= 0.6 is 15.9 Å². The van der Waals surface area contributed by atoms with Crippen LogP contribution in [0, 0.1) is 11.6 Å². The second-order valence-corrected chi connectivity index (χ2v) is 7.39. The van der Waals surface area contributed by atoms with Gasteiger partial charge in [0.25, 0.3) is 10.0 Å². The lowest BCUT2D eigenvalue weighted by atomic mass is 10.1. The molecule has 0 saturated heterocycles. The Morgan fingerprint density at radius 3 is 2.77 bits per heavy atom. The van der Waals surface area contributed by atoms with Gasteiger partial charge in [-0.1, -0.05) is 0 Å². The van der Waals surface area contributed by atoms with Crippen molar-refractivity contribution in [2.45, 2.75) is 17.9 Å². The summed E-state index contributed by atoms with van der Waals surface area (Å²) in [7, 11) is -3.99. The first kappa shape index (κ1) is 15.4. The standard InChI is InChI=1S/C13H12BrF2N3O2S/c14-8-3-10(16)11(4-9(8)15)19-22(20,21)13-6-18-12-5-17-2-1-7(12)13/h3-4,6,17-19H,1-2,5H2. The van der Waals surface area contributed by atoms with Gasteiger partial charge in [-0.15, -0.1) is 0 Å². The summed E-state index contributed by atoms with van der Waals surface area (Å²) >= 11 is 2.84. The Labute approximate surface area is 134 Å². The average Bonchev–Trinajstić information content (AvgIpc) is 2.89. The minimum absolute atomic E-state index is 0.0618. The summed E-state index contributed by atoms with van der Waals surface area (Å²) in [6, 6.07) is 1.68. The van der Waals surface area contributed by atoms with Gasteiger partial charge in [-0.05, 0) is 40.5 Å². The van der Waals surface area contributed by atoms with E-state index >= 15 is 0 Å². The lowest BCUT2D eigenvalue weighted by Gasteiger charge is -2.15. The predicted octanol–water partition coefficient (Wildman–Crippen LogP) is 2.50. The van der Waals surface area contributed by atoms with Crippen molar-refractivity contribution in [1.82, 2.24) is 10.3 Å². The van der Waals surface area contributed by atoms with E-state index in [0.29, 0.717) is 25.1 Å². The van der Waals surface area contributed by atoms with Crippen molar-refractivity contribution in [3.63, 3.8) is 0 Å². The molecule has 0 atom stereocenters. The number of sulfonamides is 1. The van der Waals surface area contributed by atoms with Gasteiger partial charge in [0.15, 0.2) is 0 Å². The molecule has 0 unspecified atom stereocenters. The van der Waals surface area contributed by atoms with Gasteiger partial charge < -0.3 is 10.3 Å². The number of hydrogen-bond donors (Lipinski definition) is 3. The zero-order chi connectivity index (χ0) is 15.9.